The van der Waals surface area contributed by atoms with Gasteiger partial charge in [-0.05, 0) is 43.0 Å². The molecule has 2 amide bonds. The molecule has 5 nitrogen and oxygen atoms in total. The summed E-state index contributed by atoms with van der Waals surface area (Å²) in [6.45, 7) is 3.67. The molecule has 2 heterocycles. The number of benzene rings is 1. The second-order valence-electron chi connectivity index (χ2n) is 6.46. The van der Waals surface area contributed by atoms with E-state index >= 15 is 0 Å². The predicted molar refractivity (Wildman–Crippen MR) is 103 cm³/mol. The van der Waals surface area contributed by atoms with E-state index in [2.05, 4.69) is 17.2 Å². The molecule has 0 atom stereocenters. The van der Waals surface area contributed by atoms with Crippen LogP contribution in [0.15, 0.2) is 36.5 Å². The van der Waals surface area contributed by atoms with Crippen molar-refractivity contribution >= 4 is 40.7 Å². The maximum absolute atomic E-state index is 12.7. The predicted octanol–water partition coefficient (Wildman–Crippen LogP) is 4.51. The Morgan fingerprint density at radius 2 is 1.92 bits per heavy atom. The molecule has 1 N–H and O–H groups in total. The maximum Gasteiger partial charge on any atom is 0.274 e. The largest absolute Gasteiger partial charge is 0.339 e. The molecule has 136 valence electrons. The lowest BCUT2D eigenvalue weighted by Gasteiger charge is -2.30. The van der Waals surface area contributed by atoms with E-state index in [4.69, 9.17) is 23.2 Å². The van der Waals surface area contributed by atoms with Crippen LogP contribution < -0.4 is 5.32 Å². The smallest absolute Gasteiger partial charge is 0.274 e. The Bertz CT molecular complexity index is 833. The molecule has 1 aliphatic heterocycles. The molecule has 0 radical (unpaired) electrons. The number of halogens is 2. The Kier molecular flexibility index (Phi) is 5.79. The number of nitrogens with zero attached hydrogens (tertiary/aromatic N) is 2. The van der Waals surface area contributed by atoms with Crippen molar-refractivity contribution < 1.29 is 9.59 Å². The number of carbonyl (C=O) groups excluding carboxylic acids is 2. The highest BCUT2D eigenvalue weighted by atomic mass is 35.5. The van der Waals surface area contributed by atoms with E-state index in [-0.39, 0.29) is 16.6 Å². The third kappa shape index (κ3) is 4.17. The van der Waals surface area contributed by atoms with Crippen molar-refractivity contribution in [2.24, 2.45) is 5.92 Å². The lowest BCUT2D eigenvalue weighted by Crippen LogP contribution is -2.38. The number of aromatic nitrogens is 1. The van der Waals surface area contributed by atoms with Crippen LogP contribution in [-0.2, 0) is 0 Å². The van der Waals surface area contributed by atoms with Crippen LogP contribution in [0.4, 0.5) is 5.69 Å². The Balaban J connectivity index is 1.75. The fourth-order valence-electron chi connectivity index (χ4n) is 2.87. The Morgan fingerprint density at radius 3 is 2.65 bits per heavy atom. The second-order valence-corrected chi connectivity index (χ2v) is 7.25. The zero-order valence-corrected chi connectivity index (χ0v) is 15.8. The molecule has 7 heteroatoms. The highest BCUT2D eigenvalue weighted by Crippen LogP contribution is 2.29. The SMILES string of the molecule is CC1CCN(C(=O)c2ccnc(C(=O)Nc3cccc(Cl)c3Cl)c2)CC1. The molecule has 0 saturated carbocycles. The number of rotatable bonds is 3. The van der Waals surface area contributed by atoms with Crippen LogP contribution in [-0.4, -0.2) is 34.8 Å². The summed E-state index contributed by atoms with van der Waals surface area (Å²) in [5.41, 5.74) is 1.00. The topological polar surface area (TPSA) is 62.3 Å². The van der Waals surface area contributed by atoms with Crippen molar-refractivity contribution in [1.29, 1.82) is 0 Å². The average Bonchev–Trinajstić information content (AvgIpc) is 2.65. The van der Waals surface area contributed by atoms with Crippen molar-refractivity contribution in [2.45, 2.75) is 19.8 Å². The first-order chi connectivity index (χ1) is 12.5. The Morgan fingerprint density at radius 1 is 1.19 bits per heavy atom. The standard InChI is InChI=1S/C19H19Cl2N3O2/c1-12-6-9-24(10-7-12)19(26)13-5-8-22-16(11-13)18(25)23-15-4-2-3-14(20)17(15)21/h2-5,8,11-12H,6-7,9-10H2,1H3,(H,23,25). The number of piperidine rings is 1. The molecule has 1 aliphatic rings. The van der Waals surface area contributed by atoms with Gasteiger partial charge in [-0.1, -0.05) is 36.2 Å². The number of anilines is 1. The van der Waals surface area contributed by atoms with Gasteiger partial charge in [-0.2, -0.15) is 0 Å². The quantitative estimate of drug-likeness (QED) is 0.836. The molecule has 1 saturated heterocycles. The minimum absolute atomic E-state index is 0.0749. The van der Waals surface area contributed by atoms with Crippen molar-refractivity contribution in [1.82, 2.24) is 9.88 Å². The van der Waals surface area contributed by atoms with Crippen LogP contribution in [0.25, 0.3) is 0 Å². The molecule has 0 aliphatic carbocycles. The Hall–Kier alpha value is -2.11. The summed E-state index contributed by atoms with van der Waals surface area (Å²) in [5.74, 6) is 0.116. The number of amides is 2. The van der Waals surface area contributed by atoms with Gasteiger partial charge in [-0.3, -0.25) is 14.6 Å². The maximum atomic E-state index is 12.7. The summed E-state index contributed by atoms with van der Waals surface area (Å²) in [5, 5.41) is 3.29. The molecule has 3 rings (SSSR count). The minimum atomic E-state index is -0.448. The molecule has 0 spiro atoms. The van der Waals surface area contributed by atoms with Gasteiger partial charge in [0.1, 0.15) is 5.69 Å². The summed E-state index contributed by atoms with van der Waals surface area (Å²) in [7, 11) is 0. The third-order valence-electron chi connectivity index (χ3n) is 4.51. The van der Waals surface area contributed by atoms with E-state index in [1.807, 2.05) is 4.90 Å². The average molecular weight is 392 g/mol. The van der Waals surface area contributed by atoms with E-state index in [0.717, 1.165) is 25.9 Å². The van der Waals surface area contributed by atoms with Crippen LogP contribution in [0.2, 0.25) is 10.0 Å². The first-order valence-electron chi connectivity index (χ1n) is 8.46. The molecule has 1 aromatic carbocycles. The van der Waals surface area contributed by atoms with E-state index in [0.29, 0.717) is 22.2 Å². The van der Waals surface area contributed by atoms with Crippen LogP contribution in [0.3, 0.4) is 0 Å². The van der Waals surface area contributed by atoms with Crippen molar-refractivity contribution in [3.05, 3.63) is 57.8 Å². The first kappa shape index (κ1) is 18.7. The van der Waals surface area contributed by atoms with Gasteiger partial charge >= 0.3 is 0 Å². The normalized spacial score (nSPS) is 15.0. The molecule has 1 fully saturated rings. The van der Waals surface area contributed by atoms with Crippen LogP contribution in [0.5, 0.6) is 0 Å². The molecule has 1 aromatic heterocycles. The summed E-state index contributed by atoms with van der Waals surface area (Å²) < 4.78 is 0. The second kappa shape index (κ2) is 8.06. The van der Waals surface area contributed by atoms with Gasteiger partial charge in [0.05, 0.1) is 15.7 Å². The zero-order valence-electron chi connectivity index (χ0n) is 14.3. The van der Waals surface area contributed by atoms with Gasteiger partial charge in [0.15, 0.2) is 0 Å². The highest BCUT2D eigenvalue weighted by Gasteiger charge is 2.22. The van der Waals surface area contributed by atoms with E-state index in [9.17, 15) is 9.59 Å². The zero-order chi connectivity index (χ0) is 18.7. The van der Waals surface area contributed by atoms with Crippen LogP contribution in [0, 0.1) is 5.92 Å². The van der Waals surface area contributed by atoms with E-state index in [1.165, 1.54) is 12.3 Å². The van der Waals surface area contributed by atoms with Gasteiger partial charge in [0.2, 0.25) is 0 Å². The number of pyridine rings is 1. The van der Waals surface area contributed by atoms with Gasteiger partial charge in [-0.25, -0.2) is 0 Å². The summed E-state index contributed by atoms with van der Waals surface area (Å²) in [6, 6.07) is 8.11. The first-order valence-corrected chi connectivity index (χ1v) is 9.22. The molecular weight excluding hydrogens is 373 g/mol. The fraction of sp³-hybridized carbons (Fsp3) is 0.316. The summed E-state index contributed by atoms with van der Waals surface area (Å²) in [6.07, 6.45) is 3.46. The molecule has 2 aromatic rings. The lowest BCUT2D eigenvalue weighted by atomic mass is 9.98. The van der Waals surface area contributed by atoms with Gasteiger partial charge in [0.25, 0.3) is 11.8 Å². The summed E-state index contributed by atoms with van der Waals surface area (Å²) >= 11 is 12.0. The van der Waals surface area contributed by atoms with Crippen LogP contribution >= 0.6 is 23.2 Å². The molecule has 0 unspecified atom stereocenters. The van der Waals surface area contributed by atoms with E-state index < -0.39 is 5.91 Å². The van der Waals surface area contributed by atoms with Gasteiger partial charge < -0.3 is 10.2 Å². The number of likely N-dealkylation sites (tertiary alicyclic amines) is 1. The van der Waals surface area contributed by atoms with Crippen molar-refractivity contribution in [3.8, 4) is 0 Å². The Labute approximate surface area is 162 Å². The highest BCUT2D eigenvalue weighted by molar-refractivity contribution is 6.44. The minimum Gasteiger partial charge on any atom is -0.339 e. The summed E-state index contributed by atoms with van der Waals surface area (Å²) in [4.78, 5) is 31.0. The van der Waals surface area contributed by atoms with Gasteiger partial charge in [0, 0.05) is 24.8 Å². The van der Waals surface area contributed by atoms with Gasteiger partial charge in [-0.15, -0.1) is 0 Å². The number of hydrogen-bond acceptors (Lipinski definition) is 3. The molecular formula is C19H19Cl2N3O2. The van der Waals surface area contributed by atoms with Crippen molar-refractivity contribution in [2.75, 3.05) is 18.4 Å². The number of hydrogen-bond donors (Lipinski definition) is 1. The van der Waals surface area contributed by atoms with Crippen LogP contribution in [0.1, 0.15) is 40.6 Å². The number of nitrogens with one attached hydrogen (secondary N) is 1. The monoisotopic (exact) mass is 391 g/mol. The number of carbonyl (C=O) groups is 2. The third-order valence-corrected chi connectivity index (χ3v) is 5.33. The fourth-order valence-corrected chi connectivity index (χ4v) is 3.22. The van der Waals surface area contributed by atoms with Crippen molar-refractivity contribution in [3.63, 3.8) is 0 Å². The lowest BCUT2D eigenvalue weighted by molar-refractivity contribution is 0.0697. The van der Waals surface area contributed by atoms with E-state index in [1.54, 1.807) is 24.3 Å². The molecule has 26 heavy (non-hydrogen) atoms. The molecule has 0 bridgehead atoms.